The molecule has 0 aliphatic carbocycles. The first-order chi connectivity index (χ1) is 11.7. The van der Waals surface area contributed by atoms with E-state index >= 15 is 0 Å². The van der Waals surface area contributed by atoms with Gasteiger partial charge in [0.05, 0.1) is 12.8 Å². The number of amides is 1. The summed E-state index contributed by atoms with van der Waals surface area (Å²) in [6.07, 6.45) is 1.61. The van der Waals surface area contributed by atoms with Gasteiger partial charge in [-0.1, -0.05) is 36.4 Å². The average molecular weight is 321 g/mol. The number of para-hydroxylation sites is 1. The topological polar surface area (TPSA) is 42.7 Å². The Morgan fingerprint density at radius 2 is 1.75 bits per heavy atom. The average Bonchev–Trinajstić information content (AvgIpc) is 3.13. The van der Waals surface area contributed by atoms with Crippen LogP contribution in [0.2, 0.25) is 0 Å². The highest BCUT2D eigenvalue weighted by atomic mass is 16.5. The summed E-state index contributed by atoms with van der Waals surface area (Å²) in [5, 5.41) is 0. The molecule has 0 N–H and O–H groups in total. The Labute approximate surface area is 141 Å². The van der Waals surface area contributed by atoms with E-state index in [4.69, 9.17) is 9.15 Å². The highest BCUT2D eigenvalue weighted by Crippen LogP contribution is 2.17. The van der Waals surface area contributed by atoms with Gasteiger partial charge in [0.25, 0.3) is 5.91 Å². The number of furan rings is 1. The van der Waals surface area contributed by atoms with E-state index in [-0.39, 0.29) is 5.91 Å². The molecule has 0 spiro atoms. The van der Waals surface area contributed by atoms with Crippen molar-refractivity contribution in [2.24, 2.45) is 0 Å². The summed E-state index contributed by atoms with van der Waals surface area (Å²) >= 11 is 0. The van der Waals surface area contributed by atoms with E-state index in [9.17, 15) is 4.79 Å². The molecule has 4 heteroatoms. The van der Waals surface area contributed by atoms with Gasteiger partial charge in [0.1, 0.15) is 18.1 Å². The summed E-state index contributed by atoms with van der Waals surface area (Å²) in [6, 6.07) is 20.7. The number of rotatable bonds is 6. The number of nitrogens with zero attached hydrogens (tertiary/aromatic N) is 1. The second-order valence-corrected chi connectivity index (χ2v) is 5.50. The first kappa shape index (κ1) is 15.9. The van der Waals surface area contributed by atoms with E-state index in [1.54, 1.807) is 18.2 Å². The number of benzene rings is 2. The van der Waals surface area contributed by atoms with Crippen molar-refractivity contribution in [3.63, 3.8) is 0 Å². The fourth-order valence-electron chi connectivity index (χ4n) is 2.45. The van der Waals surface area contributed by atoms with Gasteiger partial charge in [-0.3, -0.25) is 4.79 Å². The van der Waals surface area contributed by atoms with Crippen LogP contribution in [-0.2, 0) is 13.2 Å². The van der Waals surface area contributed by atoms with Crippen LogP contribution in [0.4, 0.5) is 0 Å². The molecule has 0 atom stereocenters. The Balaban J connectivity index is 1.72. The Kier molecular flexibility index (Phi) is 4.96. The lowest BCUT2D eigenvalue weighted by Gasteiger charge is -2.18. The quantitative estimate of drug-likeness (QED) is 0.685. The number of hydrogen-bond acceptors (Lipinski definition) is 3. The Morgan fingerprint density at radius 1 is 1.00 bits per heavy atom. The van der Waals surface area contributed by atoms with Gasteiger partial charge in [0.2, 0.25) is 0 Å². The van der Waals surface area contributed by atoms with Crippen LogP contribution in [0.5, 0.6) is 5.75 Å². The van der Waals surface area contributed by atoms with Crippen molar-refractivity contribution in [3.8, 4) is 5.75 Å². The molecule has 0 fully saturated rings. The van der Waals surface area contributed by atoms with Gasteiger partial charge in [-0.05, 0) is 30.3 Å². The fourth-order valence-corrected chi connectivity index (χ4v) is 2.45. The third kappa shape index (κ3) is 3.84. The zero-order valence-corrected chi connectivity index (χ0v) is 13.5. The van der Waals surface area contributed by atoms with Crippen LogP contribution >= 0.6 is 0 Å². The predicted molar refractivity (Wildman–Crippen MR) is 91.7 cm³/mol. The molecule has 122 valence electrons. The van der Waals surface area contributed by atoms with E-state index < -0.39 is 0 Å². The van der Waals surface area contributed by atoms with Gasteiger partial charge >= 0.3 is 0 Å². The zero-order valence-electron chi connectivity index (χ0n) is 13.5. The molecule has 0 aliphatic rings. The maximum atomic E-state index is 12.7. The number of carbonyl (C=O) groups is 1. The molecular formula is C20H19NO3. The summed E-state index contributed by atoms with van der Waals surface area (Å²) in [7, 11) is 1.76. The molecule has 3 rings (SSSR count). The molecule has 0 bridgehead atoms. The maximum Gasteiger partial charge on any atom is 0.254 e. The minimum absolute atomic E-state index is 0.0568. The van der Waals surface area contributed by atoms with Crippen LogP contribution in [0.25, 0.3) is 0 Å². The van der Waals surface area contributed by atoms with Crippen LogP contribution in [0, 0.1) is 0 Å². The van der Waals surface area contributed by atoms with Gasteiger partial charge in [-0.2, -0.15) is 0 Å². The van der Waals surface area contributed by atoms with E-state index in [0.29, 0.717) is 18.7 Å². The van der Waals surface area contributed by atoms with Crippen molar-refractivity contribution >= 4 is 5.91 Å². The van der Waals surface area contributed by atoms with Crippen molar-refractivity contribution in [2.45, 2.75) is 13.2 Å². The lowest BCUT2D eigenvalue weighted by Crippen LogP contribution is -2.27. The van der Waals surface area contributed by atoms with E-state index in [0.717, 1.165) is 17.1 Å². The van der Waals surface area contributed by atoms with Crippen molar-refractivity contribution in [1.82, 2.24) is 4.90 Å². The van der Waals surface area contributed by atoms with Gasteiger partial charge < -0.3 is 14.1 Å². The van der Waals surface area contributed by atoms with Crippen LogP contribution in [0.3, 0.4) is 0 Å². The normalized spacial score (nSPS) is 10.4. The summed E-state index contributed by atoms with van der Waals surface area (Å²) < 4.78 is 11.1. The lowest BCUT2D eigenvalue weighted by atomic mass is 10.1. The Bertz CT molecular complexity index is 782. The monoisotopic (exact) mass is 321 g/mol. The third-order valence-corrected chi connectivity index (χ3v) is 3.71. The van der Waals surface area contributed by atoms with Gasteiger partial charge in [0, 0.05) is 18.2 Å². The van der Waals surface area contributed by atoms with Crippen molar-refractivity contribution < 1.29 is 13.9 Å². The van der Waals surface area contributed by atoms with Crippen molar-refractivity contribution in [3.05, 3.63) is 89.9 Å². The summed E-state index contributed by atoms with van der Waals surface area (Å²) in [6.45, 7) is 0.778. The van der Waals surface area contributed by atoms with Crippen molar-refractivity contribution in [2.75, 3.05) is 7.05 Å². The molecule has 0 aliphatic heterocycles. The second kappa shape index (κ2) is 7.51. The second-order valence-electron chi connectivity index (χ2n) is 5.50. The molecule has 2 aromatic carbocycles. The highest BCUT2D eigenvalue weighted by molar-refractivity contribution is 5.95. The SMILES string of the molecule is CN(Cc1ccco1)C(=O)c1ccccc1COc1ccccc1. The van der Waals surface area contributed by atoms with Crippen LogP contribution in [0.15, 0.2) is 77.4 Å². The van der Waals surface area contributed by atoms with Crippen LogP contribution in [-0.4, -0.2) is 17.9 Å². The largest absolute Gasteiger partial charge is 0.489 e. The standard InChI is InChI=1S/C20H19NO3/c1-21(14-18-11-7-13-23-18)20(22)19-12-6-5-8-16(19)15-24-17-9-3-2-4-10-17/h2-13H,14-15H2,1H3. The summed E-state index contributed by atoms with van der Waals surface area (Å²) in [5.74, 6) is 1.48. The molecule has 24 heavy (non-hydrogen) atoms. The van der Waals surface area contributed by atoms with Crippen molar-refractivity contribution in [1.29, 1.82) is 0 Å². The van der Waals surface area contributed by atoms with E-state index in [1.807, 2.05) is 66.7 Å². The Morgan fingerprint density at radius 3 is 2.50 bits per heavy atom. The Hall–Kier alpha value is -3.01. The molecule has 1 aromatic heterocycles. The molecule has 3 aromatic rings. The maximum absolute atomic E-state index is 12.7. The lowest BCUT2D eigenvalue weighted by molar-refractivity contribution is 0.0772. The fraction of sp³-hybridized carbons (Fsp3) is 0.150. The van der Waals surface area contributed by atoms with Crippen LogP contribution < -0.4 is 4.74 Å². The zero-order chi connectivity index (χ0) is 16.8. The summed E-state index contributed by atoms with van der Waals surface area (Å²) in [5.41, 5.74) is 1.50. The van der Waals surface area contributed by atoms with Gasteiger partial charge in [-0.15, -0.1) is 0 Å². The molecule has 0 radical (unpaired) electrons. The molecule has 4 nitrogen and oxygen atoms in total. The minimum atomic E-state index is -0.0568. The molecule has 0 saturated heterocycles. The highest BCUT2D eigenvalue weighted by Gasteiger charge is 2.16. The van der Waals surface area contributed by atoms with Gasteiger partial charge in [0.15, 0.2) is 0 Å². The van der Waals surface area contributed by atoms with Gasteiger partial charge in [-0.25, -0.2) is 0 Å². The molecule has 1 heterocycles. The number of carbonyl (C=O) groups excluding carboxylic acids is 1. The van der Waals surface area contributed by atoms with E-state index in [2.05, 4.69) is 0 Å². The molecule has 0 saturated carbocycles. The third-order valence-electron chi connectivity index (χ3n) is 3.71. The molecular weight excluding hydrogens is 302 g/mol. The first-order valence-corrected chi connectivity index (χ1v) is 7.77. The first-order valence-electron chi connectivity index (χ1n) is 7.77. The summed E-state index contributed by atoms with van der Waals surface area (Å²) in [4.78, 5) is 14.4. The smallest absolute Gasteiger partial charge is 0.254 e. The van der Waals surface area contributed by atoms with Crippen LogP contribution in [0.1, 0.15) is 21.7 Å². The minimum Gasteiger partial charge on any atom is -0.489 e. The predicted octanol–water partition coefficient (Wildman–Crippen LogP) is 4.13. The molecule has 1 amide bonds. The van der Waals surface area contributed by atoms with E-state index in [1.165, 1.54) is 0 Å². The number of hydrogen-bond donors (Lipinski definition) is 0. The number of ether oxygens (including phenoxy) is 1. The molecule has 0 unspecified atom stereocenters.